The molecule has 0 spiro atoms. The maximum atomic E-state index is 13.1. The van der Waals surface area contributed by atoms with E-state index >= 15 is 0 Å². The molecule has 3 nitrogen and oxygen atoms in total. The van der Waals surface area contributed by atoms with Crippen molar-refractivity contribution in [3.05, 3.63) is 70.5 Å². The standard InChI is InChI=1S/C16H10ClFN2O/c17-13-4-6-15(7-5-13)20-16(21)12(10-19)8-11-2-1-3-14(18)9-11/h1-9H,(H,20,21)/b12-8-. The third-order valence-corrected chi connectivity index (χ3v) is 2.88. The highest BCUT2D eigenvalue weighted by Crippen LogP contribution is 2.15. The summed E-state index contributed by atoms with van der Waals surface area (Å²) in [5.41, 5.74) is 0.846. The summed E-state index contributed by atoms with van der Waals surface area (Å²) in [4.78, 5) is 12.0. The van der Waals surface area contributed by atoms with Gasteiger partial charge in [0.2, 0.25) is 0 Å². The molecule has 0 radical (unpaired) electrons. The van der Waals surface area contributed by atoms with Crippen LogP contribution in [0.4, 0.5) is 10.1 Å². The van der Waals surface area contributed by atoms with Gasteiger partial charge in [0.15, 0.2) is 0 Å². The van der Waals surface area contributed by atoms with Gasteiger partial charge in [0.25, 0.3) is 5.91 Å². The number of nitrogens with zero attached hydrogens (tertiary/aromatic N) is 1. The van der Waals surface area contributed by atoms with Gasteiger partial charge >= 0.3 is 0 Å². The summed E-state index contributed by atoms with van der Waals surface area (Å²) in [6.45, 7) is 0. The van der Waals surface area contributed by atoms with Gasteiger partial charge in [-0.25, -0.2) is 4.39 Å². The van der Waals surface area contributed by atoms with Crippen molar-refractivity contribution in [1.82, 2.24) is 0 Å². The van der Waals surface area contributed by atoms with Gasteiger partial charge in [-0.2, -0.15) is 5.26 Å². The summed E-state index contributed by atoms with van der Waals surface area (Å²) < 4.78 is 13.1. The van der Waals surface area contributed by atoms with Crippen LogP contribution in [-0.4, -0.2) is 5.91 Å². The molecule has 0 atom stereocenters. The number of amides is 1. The SMILES string of the molecule is N#C/C(=C/c1cccc(F)c1)C(=O)Nc1ccc(Cl)cc1. The van der Waals surface area contributed by atoms with Crippen LogP contribution in [0, 0.1) is 17.1 Å². The minimum atomic E-state index is -0.566. The first-order chi connectivity index (χ1) is 10.1. The normalized spacial score (nSPS) is 10.8. The molecular formula is C16H10ClFN2O. The molecule has 21 heavy (non-hydrogen) atoms. The molecule has 1 amide bonds. The number of halogens is 2. The fourth-order valence-corrected chi connectivity index (χ4v) is 1.77. The lowest BCUT2D eigenvalue weighted by atomic mass is 10.1. The molecule has 2 rings (SSSR count). The number of rotatable bonds is 3. The Morgan fingerprint density at radius 2 is 1.95 bits per heavy atom. The van der Waals surface area contributed by atoms with E-state index in [2.05, 4.69) is 5.32 Å². The Hall–Kier alpha value is -2.64. The fourth-order valence-electron chi connectivity index (χ4n) is 1.64. The first kappa shape index (κ1) is 14.8. The molecule has 0 aliphatic carbocycles. The van der Waals surface area contributed by atoms with E-state index in [1.165, 1.54) is 24.3 Å². The number of nitriles is 1. The van der Waals surface area contributed by atoms with Gasteiger partial charge in [-0.15, -0.1) is 0 Å². The van der Waals surface area contributed by atoms with E-state index in [9.17, 15) is 9.18 Å². The van der Waals surface area contributed by atoms with Crippen LogP contribution >= 0.6 is 11.6 Å². The van der Waals surface area contributed by atoms with Crippen molar-refractivity contribution in [2.24, 2.45) is 0 Å². The third kappa shape index (κ3) is 4.16. The molecule has 0 bridgehead atoms. The average molecular weight is 301 g/mol. The number of hydrogen-bond donors (Lipinski definition) is 1. The predicted molar refractivity (Wildman–Crippen MR) is 80.1 cm³/mol. The first-order valence-corrected chi connectivity index (χ1v) is 6.40. The largest absolute Gasteiger partial charge is 0.321 e. The van der Waals surface area contributed by atoms with Gasteiger partial charge in [-0.3, -0.25) is 4.79 Å². The summed E-state index contributed by atoms with van der Waals surface area (Å²) in [7, 11) is 0. The minimum absolute atomic E-state index is 0.115. The van der Waals surface area contributed by atoms with Gasteiger partial charge in [0, 0.05) is 10.7 Å². The molecule has 0 saturated carbocycles. The second-order valence-electron chi connectivity index (χ2n) is 4.19. The average Bonchev–Trinajstić information content (AvgIpc) is 2.47. The summed E-state index contributed by atoms with van der Waals surface area (Å²) >= 11 is 5.75. The summed E-state index contributed by atoms with van der Waals surface area (Å²) in [5, 5.41) is 12.2. The van der Waals surface area contributed by atoms with Crippen molar-refractivity contribution in [1.29, 1.82) is 5.26 Å². The van der Waals surface area contributed by atoms with Crippen LogP contribution in [0.1, 0.15) is 5.56 Å². The van der Waals surface area contributed by atoms with Crippen molar-refractivity contribution >= 4 is 29.3 Å². The monoisotopic (exact) mass is 300 g/mol. The van der Waals surface area contributed by atoms with Crippen LogP contribution in [0.2, 0.25) is 5.02 Å². The Kier molecular flexibility index (Phi) is 4.70. The lowest BCUT2D eigenvalue weighted by Gasteiger charge is -2.04. The van der Waals surface area contributed by atoms with Crippen molar-refractivity contribution in [2.45, 2.75) is 0 Å². The molecule has 5 heteroatoms. The number of carbonyl (C=O) groups excluding carboxylic acids is 1. The van der Waals surface area contributed by atoms with Crippen LogP contribution in [-0.2, 0) is 4.79 Å². The second-order valence-corrected chi connectivity index (χ2v) is 4.62. The maximum absolute atomic E-state index is 13.1. The zero-order valence-electron chi connectivity index (χ0n) is 10.8. The van der Waals surface area contributed by atoms with Crippen LogP contribution in [0.5, 0.6) is 0 Å². The molecule has 2 aromatic rings. The van der Waals surface area contributed by atoms with Crippen molar-refractivity contribution in [2.75, 3.05) is 5.32 Å². The second kappa shape index (κ2) is 6.69. The molecule has 2 aromatic carbocycles. The Morgan fingerprint density at radius 3 is 2.57 bits per heavy atom. The van der Waals surface area contributed by atoms with E-state index in [-0.39, 0.29) is 5.57 Å². The summed E-state index contributed by atoms with van der Waals surface area (Å²) in [6, 6.07) is 13.9. The van der Waals surface area contributed by atoms with Crippen LogP contribution in [0.15, 0.2) is 54.1 Å². The molecule has 0 fully saturated rings. The van der Waals surface area contributed by atoms with Crippen LogP contribution in [0.3, 0.4) is 0 Å². The number of anilines is 1. The molecule has 0 heterocycles. The van der Waals surface area contributed by atoms with Crippen molar-refractivity contribution in [3.8, 4) is 6.07 Å². The van der Waals surface area contributed by atoms with Crippen LogP contribution < -0.4 is 5.32 Å². The maximum Gasteiger partial charge on any atom is 0.266 e. The smallest absolute Gasteiger partial charge is 0.266 e. The first-order valence-electron chi connectivity index (χ1n) is 6.03. The third-order valence-electron chi connectivity index (χ3n) is 2.63. The molecule has 0 aliphatic heterocycles. The predicted octanol–water partition coefficient (Wildman–Crippen LogP) is 4.02. The Labute approximate surface area is 126 Å². The quantitative estimate of drug-likeness (QED) is 0.687. The molecule has 0 saturated heterocycles. The molecule has 1 N–H and O–H groups in total. The number of benzene rings is 2. The lowest BCUT2D eigenvalue weighted by Crippen LogP contribution is -2.13. The number of hydrogen-bond acceptors (Lipinski definition) is 2. The molecule has 0 aromatic heterocycles. The molecule has 0 unspecified atom stereocenters. The van der Waals surface area contributed by atoms with E-state index in [0.29, 0.717) is 16.3 Å². The van der Waals surface area contributed by atoms with Gasteiger partial charge in [0.1, 0.15) is 17.5 Å². The van der Waals surface area contributed by atoms with Crippen molar-refractivity contribution in [3.63, 3.8) is 0 Å². The molecule has 104 valence electrons. The van der Waals surface area contributed by atoms with Gasteiger partial charge in [0.05, 0.1) is 0 Å². The van der Waals surface area contributed by atoms with E-state index < -0.39 is 11.7 Å². The Bertz CT molecular complexity index is 733. The lowest BCUT2D eigenvalue weighted by molar-refractivity contribution is -0.112. The van der Waals surface area contributed by atoms with Crippen molar-refractivity contribution < 1.29 is 9.18 Å². The highest BCUT2D eigenvalue weighted by molar-refractivity contribution is 6.30. The zero-order chi connectivity index (χ0) is 15.2. The number of nitrogens with one attached hydrogen (secondary N) is 1. The zero-order valence-corrected chi connectivity index (χ0v) is 11.6. The van der Waals surface area contributed by atoms with Gasteiger partial charge in [-0.1, -0.05) is 23.7 Å². The molecular weight excluding hydrogens is 291 g/mol. The van der Waals surface area contributed by atoms with Gasteiger partial charge < -0.3 is 5.32 Å². The van der Waals surface area contributed by atoms with E-state index in [0.717, 1.165) is 0 Å². The summed E-state index contributed by atoms with van der Waals surface area (Å²) in [5.74, 6) is -0.997. The number of carbonyl (C=O) groups is 1. The minimum Gasteiger partial charge on any atom is -0.321 e. The topological polar surface area (TPSA) is 52.9 Å². The highest BCUT2D eigenvalue weighted by atomic mass is 35.5. The Balaban J connectivity index is 2.19. The summed E-state index contributed by atoms with van der Waals surface area (Å²) in [6.07, 6.45) is 1.33. The fraction of sp³-hybridized carbons (Fsp3) is 0. The van der Waals surface area contributed by atoms with E-state index in [1.807, 2.05) is 0 Å². The van der Waals surface area contributed by atoms with Crippen LogP contribution in [0.25, 0.3) is 6.08 Å². The van der Waals surface area contributed by atoms with Gasteiger partial charge in [-0.05, 0) is 48.0 Å². The highest BCUT2D eigenvalue weighted by Gasteiger charge is 2.09. The van der Waals surface area contributed by atoms with E-state index in [4.69, 9.17) is 16.9 Å². The molecule has 0 aliphatic rings. The Morgan fingerprint density at radius 1 is 1.24 bits per heavy atom. The van der Waals surface area contributed by atoms with E-state index in [1.54, 1.807) is 36.4 Å².